The Balaban J connectivity index is 0.00000324. The summed E-state index contributed by atoms with van der Waals surface area (Å²) in [4.78, 5) is 15.0. The van der Waals surface area contributed by atoms with Crippen molar-refractivity contribution in [2.75, 3.05) is 33.4 Å². The number of amides is 1. The molecular weight excluding hydrogens is 435 g/mol. The van der Waals surface area contributed by atoms with Crippen LogP contribution in [0.3, 0.4) is 0 Å². The number of alkyl halides is 3. The lowest BCUT2D eigenvalue weighted by Gasteiger charge is -2.45. The molecule has 0 radical (unpaired) electrons. The molecule has 182 valence electrons. The molecule has 2 aromatic rings. The van der Waals surface area contributed by atoms with Crippen molar-refractivity contribution in [1.29, 1.82) is 0 Å². The summed E-state index contributed by atoms with van der Waals surface area (Å²) in [7, 11) is 1.56. The van der Waals surface area contributed by atoms with Crippen molar-refractivity contribution in [3.05, 3.63) is 47.3 Å². The van der Waals surface area contributed by atoms with Gasteiger partial charge in [-0.05, 0) is 49.6 Å². The van der Waals surface area contributed by atoms with Crippen LogP contribution >= 0.6 is 0 Å². The highest BCUT2D eigenvalue weighted by molar-refractivity contribution is 5.95. The number of carbonyl (C=O) groups excluding carboxylic acids is 1. The SMILES string of the molecule is CCCCOc1cc(C(=O)N2CCC3(CC2)NCCn2c(C(F)(F)F)ccc23)ccc1OC.[HH]. The second-order valence-corrected chi connectivity index (χ2v) is 8.62. The van der Waals surface area contributed by atoms with Crippen LogP contribution in [0.1, 0.15) is 55.8 Å². The van der Waals surface area contributed by atoms with Crippen molar-refractivity contribution in [2.24, 2.45) is 0 Å². The number of rotatable bonds is 6. The second-order valence-electron chi connectivity index (χ2n) is 8.62. The fraction of sp³-hybridized carbons (Fsp3) is 0.542. The van der Waals surface area contributed by atoms with Crippen molar-refractivity contribution < 1.29 is 28.9 Å². The highest BCUT2D eigenvalue weighted by atomic mass is 19.4. The minimum Gasteiger partial charge on any atom is -0.493 e. The Morgan fingerprint density at radius 3 is 2.58 bits per heavy atom. The van der Waals surface area contributed by atoms with Gasteiger partial charge in [0.15, 0.2) is 11.5 Å². The normalized spacial score (nSPS) is 17.7. The average Bonchev–Trinajstić information content (AvgIpc) is 3.26. The number of fused-ring (bicyclic) bond motifs is 2. The van der Waals surface area contributed by atoms with Crippen LogP contribution in [0.2, 0.25) is 0 Å². The largest absolute Gasteiger partial charge is 0.493 e. The van der Waals surface area contributed by atoms with Crippen LogP contribution in [0.5, 0.6) is 11.5 Å². The Morgan fingerprint density at radius 1 is 1.15 bits per heavy atom. The monoisotopic (exact) mass is 467 g/mol. The summed E-state index contributed by atoms with van der Waals surface area (Å²) in [5, 5.41) is 3.44. The van der Waals surface area contributed by atoms with Crippen LogP contribution in [0.15, 0.2) is 30.3 Å². The van der Waals surface area contributed by atoms with E-state index in [0.717, 1.165) is 12.8 Å². The molecule has 33 heavy (non-hydrogen) atoms. The van der Waals surface area contributed by atoms with E-state index in [0.29, 0.717) is 61.8 Å². The van der Waals surface area contributed by atoms with Crippen LogP contribution in [0, 0.1) is 0 Å². The van der Waals surface area contributed by atoms with Crippen LogP contribution in [0.25, 0.3) is 0 Å². The number of ether oxygens (including phenoxy) is 2. The van der Waals surface area contributed by atoms with Gasteiger partial charge in [-0.3, -0.25) is 4.79 Å². The van der Waals surface area contributed by atoms with Gasteiger partial charge in [0.25, 0.3) is 5.91 Å². The zero-order chi connectivity index (χ0) is 23.6. The van der Waals surface area contributed by atoms with Crippen LogP contribution in [-0.2, 0) is 18.3 Å². The van der Waals surface area contributed by atoms with E-state index in [1.54, 1.807) is 36.3 Å². The first-order valence-electron chi connectivity index (χ1n) is 11.4. The molecule has 1 amide bonds. The standard InChI is InChI=1S/C24H30F3N3O3.H2/c1-3-4-15-33-19-16-17(5-6-18(19)32-2)22(31)29-12-9-23(10-13-29)20-7-8-21(24(25,26)27)30(20)14-11-28-23;/h5-8,16,28H,3-4,9-15H2,1-2H3;1H. The van der Waals surface area contributed by atoms with Crippen LogP contribution in [0.4, 0.5) is 13.2 Å². The van der Waals surface area contributed by atoms with E-state index in [2.05, 4.69) is 12.2 Å². The molecule has 1 fully saturated rings. The number of benzene rings is 1. The van der Waals surface area contributed by atoms with Crippen molar-refractivity contribution >= 4 is 5.91 Å². The Labute approximate surface area is 193 Å². The maximum Gasteiger partial charge on any atom is 0.431 e. The third kappa shape index (κ3) is 4.55. The molecule has 2 aliphatic heterocycles. The minimum absolute atomic E-state index is 0. The molecule has 0 atom stereocenters. The number of methoxy groups -OCH3 is 1. The van der Waals surface area contributed by atoms with Gasteiger partial charge < -0.3 is 24.3 Å². The molecule has 0 unspecified atom stereocenters. The van der Waals surface area contributed by atoms with Crippen molar-refractivity contribution in [2.45, 2.75) is 50.9 Å². The highest BCUT2D eigenvalue weighted by Crippen LogP contribution is 2.40. The van der Waals surface area contributed by atoms with Crippen molar-refractivity contribution in [1.82, 2.24) is 14.8 Å². The lowest BCUT2D eigenvalue weighted by molar-refractivity contribution is -0.144. The van der Waals surface area contributed by atoms with E-state index in [9.17, 15) is 18.0 Å². The minimum atomic E-state index is -4.38. The van der Waals surface area contributed by atoms with Gasteiger partial charge in [0.2, 0.25) is 0 Å². The molecule has 6 nitrogen and oxygen atoms in total. The molecular formula is C24H32F3N3O3. The number of carbonyl (C=O) groups is 1. The topological polar surface area (TPSA) is 55.7 Å². The molecule has 0 bridgehead atoms. The third-order valence-electron chi connectivity index (χ3n) is 6.63. The maximum atomic E-state index is 13.4. The Morgan fingerprint density at radius 2 is 1.91 bits per heavy atom. The molecule has 3 heterocycles. The van der Waals surface area contributed by atoms with Crippen molar-refractivity contribution in [3.8, 4) is 11.5 Å². The summed E-state index contributed by atoms with van der Waals surface area (Å²) in [5.74, 6) is 1.000. The third-order valence-corrected chi connectivity index (χ3v) is 6.63. The van der Waals surface area contributed by atoms with Gasteiger partial charge in [-0.15, -0.1) is 0 Å². The second kappa shape index (κ2) is 9.29. The molecule has 1 saturated heterocycles. The van der Waals surface area contributed by atoms with Gasteiger partial charge in [-0.1, -0.05) is 13.3 Å². The van der Waals surface area contributed by atoms with Crippen LogP contribution < -0.4 is 14.8 Å². The molecule has 0 aliphatic carbocycles. The van der Waals surface area contributed by atoms with Crippen molar-refractivity contribution in [3.63, 3.8) is 0 Å². The summed E-state index contributed by atoms with van der Waals surface area (Å²) >= 11 is 0. The van der Waals surface area contributed by atoms with E-state index >= 15 is 0 Å². The van der Waals surface area contributed by atoms with E-state index in [4.69, 9.17) is 9.47 Å². The number of hydrogen-bond acceptors (Lipinski definition) is 4. The first-order chi connectivity index (χ1) is 15.8. The fourth-order valence-corrected chi connectivity index (χ4v) is 4.83. The van der Waals surface area contributed by atoms with Gasteiger partial charge in [-0.25, -0.2) is 0 Å². The summed E-state index contributed by atoms with van der Waals surface area (Å²) < 4.78 is 52.7. The maximum absolute atomic E-state index is 13.4. The molecule has 1 spiro atoms. The molecule has 2 aliphatic rings. The number of piperidine rings is 1. The Hall–Kier alpha value is -2.68. The number of halogens is 3. The average molecular weight is 468 g/mol. The number of nitrogens with zero attached hydrogens (tertiary/aromatic N) is 2. The Bertz CT molecular complexity index is 1000. The predicted molar refractivity (Wildman–Crippen MR) is 120 cm³/mol. The molecule has 4 rings (SSSR count). The fourth-order valence-electron chi connectivity index (χ4n) is 4.83. The number of likely N-dealkylation sites (tertiary alicyclic amines) is 1. The van der Waals surface area contributed by atoms with E-state index in [-0.39, 0.29) is 13.9 Å². The first-order valence-corrected chi connectivity index (χ1v) is 11.4. The number of nitrogens with one attached hydrogen (secondary N) is 1. The van der Waals surface area contributed by atoms with Gasteiger partial charge >= 0.3 is 6.18 Å². The van der Waals surface area contributed by atoms with Crippen LogP contribution in [-0.4, -0.2) is 48.7 Å². The van der Waals surface area contributed by atoms with Gasteiger partial charge in [0.1, 0.15) is 5.69 Å². The predicted octanol–water partition coefficient (Wildman–Crippen LogP) is 4.68. The zero-order valence-electron chi connectivity index (χ0n) is 19.0. The number of unbranched alkanes of at least 4 members (excludes halogenated alkanes) is 1. The quantitative estimate of drug-likeness (QED) is 0.627. The molecule has 1 aromatic carbocycles. The molecule has 1 N–H and O–H groups in total. The van der Waals surface area contributed by atoms with E-state index in [1.165, 1.54) is 10.6 Å². The zero-order valence-corrected chi connectivity index (χ0v) is 19.0. The van der Waals surface area contributed by atoms with E-state index in [1.807, 2.05) is 0 Å². The van der Waals surface area contributed by atoms with E-state index < -0.39 is 17.4 Å². The summed E-state index contributed by atoms with van der Waals surface area (Å²) in [6.45, 7) is 4.28. The van der Waals surface area contributed by atoms with Gasteiger partial charge in [0.05, 0.1) is 19.3 Å². The number of hydrogen-bond donors (Lipinski definition) is 1. The lowest BCUT2D eigenvalue weighted by atomic mass is 9.83. The smallest absolute Gasteiger partial charge is 0.431 e. The molecule has 0 saturated carbocycles. The first kappa shape index (κ1) is 23.5. The van der Waals surface area contributed by atoms with Gasteiger partial charge in [-0.2, -0.15) is 13.2 Å². The highest BCUT2D eigenvalue weighted by Gasteiger charge is 2.44. The van der Waals surface area contributed by atoms with Gasteiger partial charge in [0, 0.05) is 38.9 Å². The summed E-state index contributed by atoms with van der Waals surface area (Å²) in [6.07, 6.45) is -1.37. The molecule has 1 aromatic heterocycles. The summed E-state index contributed by atoms with van der Waals surface area (Å²) in [6, 6.07) is 7.90. The molecule has 9 heteroatoms. The number of aromatic nitrogens is 1. The Kier molecular flexibility index (Phi) is 6.61. The summed E-state index contributed by atoms with van der Waals surface area (Å²) in [5.41, 5.74) is 0.0138. The lowest BCUT2D eigenvalue weighted by Crippen LogP contribution is -2.56.